The van der Waals surface area contributed by atoms with E-state index in [1.165, 1.54) is 19.3 Å². The van der Waals surface area contributed by atoms with E-state index < -0.39 is 6.29 Å². The van der Waals surface area contributed by atoms with Gasteiger partial charge in [-0.3, -0.25) is 4.79 Å². The van der Waals surface area contributed by atoms with E-state index in [9.17, 15) is 4.79 Å². The van der Waals surface area contributed by atoms with Crippen LogP contribution in [0.2, 0.25) is 0 Å². The Kier molecular flexibility index (Phi) is 6.95. The second kappa shape index (κ2) is 9.20. The third-order valence-corrected chi connectivity index (χ3v) is 5.99. The summed E-state index contributed by atoms with van der Waals surface area (Å²) in [6, 6.07) is 0.302. The monoisotopic (exact) mass is 367 g/mol. The first kappa shape index (κ1) is 19.6. The molecule has 148 valence electrons. The Balaban J connectivity index is 1.53. The number of amides is 1. The van der Waals surface area contributed by atoms with Gasteiger partial charge in [0.25, 0.3) is 5.91 Å². The Morgan fingerprint density at radius 1 is 1.27 bits per heavy atom. The number of allylic oxidation sites excluding steroid dienone is 1. The quantitative estimate of drug-likeness (QED) is 0.611. The van der Waals surface area contributed by atoms with Crippen LogP contribution in [0, 0.1) is 23.7 Å². The molecule has 0 aromatic carbocycles. The lowest BCUT2D eigenvalue weighted by Crippen LogP contribution is -2.41. The second-order valence-electron chi connectivity index (χ2n) is 8.18. The predicted octanol–water partition coefficient (Wildman–Crippen LogP) is 2.22. The maximum Gasteiger partial charge on any atom is 0.286 e. The van der Waals surface area contributed by atoms with Crippen LogP contribution in [0.4, 0.5) is 0 Å². The van der Waals surface area contributed by atoms with Crippen LogP contribution >= 0.6 is 0 Å². The van der Waals surface area contributed by atoms with Gasteiger partial charge in [0, 0.05) is 12.5 Å². The van der Waals surface area contributed by atoms with Gasteiger partial charge in [0.15, 0.2) is 5.76 Å². The maximum atomic E-state index is 12.7. The van der Waals surface area contributed by atoms with Crippen molar-refractivity contribution < 1.29 is 24.1 Å². The number of carbonyl (C=O) groups is 1. The number of ether oxygens (including phenoxy) is 3. The molecule has 1 amide bonds. The highest BCUT2D eigenvalue weighted by Crippen LogP contribution is 2.44. The van der Waals surface area contributed by atoms with Gasteiger partial charge in [0.1, 0.15) is 0 Å². The van der Waals surface area contributed by atoms with Crippen molar-refractivity contribution in [2.45, 2.75) is 58.3 Å². The molecule has 2 N–H and O–H groups in total. The molecule has 1 aliphatic heterocycles. The number of aliphatic hydroxyl groups excluding tert-OH is 1. The van der Waals surface area contributed by atoms with Crippen molar-refractivity contribution in [1.82, 2.24) is 5.32 Å². The van der Waals surface area contributed by atoms with Crippen molar-refractivity contribution in [3.05, 3.63) is 11.8 Å². The molecule has 0 radical (unpaired) electrons. The summed E-state index contributed by atoms with van der Waals surface area (Å²) < 4.78 is 16.8. The van der Waals surface area contributed by atoms with Crippen molar-refractivity contribution in [1.29, 1.82) is 0 Å². The molecule has 0 aromatic heterocycles. The van der Waals surface area contributed by atoms with Gasteiger partial charge in [-0.2, -0.15) is 0 Å². The largest absolute Gasteiger partial charge is 0.459 e. The van der Waals surface area contributed by atoms with Crippen molar-refractivity contribution in [3.8, 4) is 0 Å². The van der Waals surface area contributed by atoms with Gasteiger partial charge < -0.3 is 24.6 Å². The van der Waals surface area contributed by atoms with Crippen LogP contribution < -0.4 is 5.32 Å². The van der Waals surface area contributed by atoms with Gasteiger partial charge in [0.2, 0.25) is 6.29 Å². The van der Waals surface area contributed by atoms with E-state index in [0.717, 1.165) is 18.8 Å². The standard InChI is InChI=1S/C20H33NO5/c1-13(2)16-11-18(26-19(12-16)25-8-7-24-6-5-22)20(23)21-17-10-14-3-4-15(17)9-14/h11,13-17,19,22H,3-10,12H2,1-2H3,(H,21,23). The molecule has 3 rings (SSSR count). The van der Waals surface area contributed by atoms with E-state index in [1.54, 1.807) is 0 Å². The van der Waals surface area contributed by atoms with Crippen LogP contribution in [0.1, 0.15) is 46.0 Å². The van der Waals surface area contributed by atoms with E-state index in [0.29, 0.717) is 43.5 Å². The van der Waals surface area contributed by atoms with Gasteiger partial charge in [-0.15, -0.1) is 0 Å². The second-order valence-corrected chi connectivity index (χ2v) is 8.18. The number of aliphatic hydroxyl groups is 1. The highest BCUT2D eigenvalue weighted by Gasteiger charge is 2.41. The smallest absolute Gasteiger partial charge is 0.286 e. The normalized spacial score (nSPS) is 33.2. The molecule has 2 saturated carbocycles. The average molecular weight is 367 g/mol. The number of rotatable bonds is 9. The first-order chi connectivity index (χ1) is 12.6. The van der Waals surface area contributed by atoms with E-state index in [-0.39, 0.29) is 18.4 Å². The van der Waals surface area contributed by atoms with Crippen molar-refractivity contribution in [2.24, 2.45) is 23.7 Å². The summed E-state index contributed by atoms with van der Waals surface area (Å²) in [5.41, 5.74) is 0. The van der Waals surface area contributed by atoms with Crippen LogP contribution in [0.5, 0.6) is 0 Å². The first-order valence-electron chi connectivity index (χ1n) is 10.1. The number of nitrogens with one attached hydrogen (secondary N) is 1. The molecule has 2 fully saturated rings. The van der Waals surface area contributed by atoms with E-state index in [1.807, 2.05) is 6.08 Å². The lowest BCUT2D eigenvalue weighted by Gasteiger charge is -2.32. The van der Waals surface area contributed by atoms with Gasteiger partial charge >= 0.3 is 0 Å². The molecule has 3 aliphatic rings. The van der Waals surface area contributed by atoms with E-state index >= 15 is 0 Å². The highest BCUT2D eigenvalue weighted by atomic mass is 16.7. The number of hydrogen-bond acceptors (Lipinski definition) is 5. The lowest BCUT2D eigenvalue weighted by atomic mass is 9.90. The molecule has 0 spiro atoms. The third-order valence-electron chi connectivity index (χ3n) is 5.99. The van der Waals surface area contributed by atoms with Crippen LogP contribution in [-0.2, 0) is 19.0 Å². The highest BCUT2D eigenvalue weighted by molar-refractivity contribution is 5.91. The minimum absolute atomic E-state index is 0.00538. The minimum Gasteiger partial charge on any atom is -0.459 e. The number of hydrogen-bond donors (Lipinski definition) is 2. The predicted molar refractivity (Wildman–Crippen MR) is 97.1 cm³/mol. The van der Waals surface area contributed by atoms with E-state index in [4.69, 9.17) is 19.3 Å². The van der Waals surface area contributed by atoms with Gasteiger partial charge in [-0.05, 0) is 49.0 Å². The summed E-state index contributed by atoms with van der Waals surface area (Å²) in [6.45, 7) is 5.41. The first-order valence-corrected chi connectivity index (χ1v) is 10.1. The Labute approximate surface area is 156 Å². The van der Waals surface area contributed by atoms with Gasteiger partial charge in [-0.1, -0.05) is 20.3 Å². The summed E-state index contributed by atoms with van der Waals surface area (Å²) in [6.07, 6.45) is 7.21. The Bertz CT molecular complexity index is 506. The summed E-state index contributed by atoms with van der Waals surface area (Å²) in [7, 11) is 0. The molecule has 0 saturated heterocycles. The lowest BCUT2D eigenvalue weighted by molar-refractivity contribution is -0.156. The fourth-order valence-electron chi connectivity index (χ4n) is 4.48. The molecule has 2 aliphatic carbocycles. The summed E-state index contributed by atoms with van der Waals surface area (Å²) >= 11 is 0. The molecule has 0 aromatic rings. The van der Waals surface area contributed by atoms with Crippen LogP contribution in [-0.4, -0.2) is 49.8 Å². The summed E-state index contributed by atoms with van der Waals surface area (Å²) in [5, 5.41) is 11.9. The molecule has 26 heavy (non-hydrogen) atoms. The molecular formula is C20H33NO5. The van der Waals surface area contributed by atoms with Gasteiger partial charge in [-0.25, -0.2) is 0 Å². The third kappa shape index (κ3) is 4.99. The molecule has 2 bridgehead atoms. The number of carbonyl (C=O) groups excluding carboxylic acids is 1. The fourth-order valence-corrected chi connectivity index (χ4v) is 4.48. The van der Waals surface area contributed by atoms with Crippen molar-refractivity contribution >= 4 is 5.91 Å². The van der Waals surface area contributed by atoms with E-state index in [2.05, 4.69) is 19.2 Å². The maximum absolute atomic E-state index is 12.7. The molecule has 6 heteroatoms. The average Bonchev–Trinajstić information content (AvgIpc) is 3.24. The fraction of sp³-hybridized carbons (Fsp3) is 0.850. The van der Waals surface area contributed by atoms with Crippen LogP contribution in [0.25, 0.3) is 0 Å². The molecule has 5 unspecified atom stereocenters. The molecule has 6 nitrogen and oxygen atoms in total. The zero-order chi connectivity index (χ0) is 18.5. The SMILES string of the molecule is CC(C)C1C=C(C(=O)NC2CC3CCC2C3)OC(OCCOCCO)C1. The van der Waals surface area contributed by atoms with Crippen LogP contribution in [0.3, 0.4) is 0 Å². The molecular weight excluding hydrogens is 334 g/mol. The topological polar surface area (TPSA) is 77.0 Å². The zero-order valence-corrected chi connectivity index (χ0v) is 16.0. The Hall–Kier alpha value is -1.11. The molecule has 5 atom stereocenters. The van der Waals surface area contributed by atoms with Crippen molar-refractivity contribution in [3.63, 3.8) is 0 Å². The minimum atomic E-state index is -0.425. The van der Waals surface area contributed by atoms with Crippen LogP contribution in [0.15, 0.2) is 11.8 Å². The van der Waals surface area contributed by atoms with Crippen molar-refractivity contribution in [2.75, 3.05) is 26.4 Å². The van der Waals surface area contributed by atoms with Gasteiger partial charge in [0.05, 0.1) is 26.4 Å². The summed E-state index contributed by atoms with van der Waals surface area (Å²) in [5.74, 6) is 2.42. The number of fused-ring (bicyclic) bond motifs is 2. The summed E-state index contributed by atoms with van der Waals surface area (Å²) in [4.78, 5) is 12.7. The molecule has 1 heterocycles. The Morgan fingerprint density at radius 3 is 2.77 bits per heavy atom. The zero-order valence-electron chi connectivity index (χ0n) is 16.0. The Morgan fingerprint density at radius 2 is 2.12 bits per heavy atom.